The number of phenols is 2. The highest BCUT2D eigenvalue weighted by Crippen LogP contribution is 2.40. The molecule has 0 saturated heterocycles. The zero-order chi connectivity index (χ0) is 14.9. The number of aromatic nitrogens is 2. The Kier molecular flexibility index (Phi) is 3.51. The second-order valence-corrected chi connectivity index (χ2v) is 4.64. The van der Waals surface area contributed by atoms with Crippen LogP contribution in [0.5, 0.6) is 23.1 Å². The van der Waals surface area contributed by atoms with Crippen molar-refractivity contribution in [3.63, 3.8) is 0 Å². The number of nitrogen functional groups attached to an aromatic ring is 1. The van der Waals surface area contributed by atoms with Gasteiger partial charge in [-0.25, -0.2) is 5.10 Å². The highest BCUT2D eigenvalue weighted by Gasteiger charge is 2.14. The molecule has 106 valence electrons. The Morgan fingerprint density at radius 3 is 2.40 bits per heavy atom. The second-order valence-electron chi connectivity index (χ2n) is 4.64. The van der Waals surface area contributed by atoms with Crippen LogP contribution in [0.15, 0.2) is 23.0 Å². The highest BCUT2D eigenvalue weighted by molar-refractivity contribution is 5.60. The third kappa shape index (κ3) is 2.66. The summed E-state index contributed by atoms with van der Waals surface area (Å²) >= 11 is 0. The molecule has 0 saturated carbocycles. The zero-order valence-corrected chi connectivity index (χ0v) is 11.0. The normalized spacial score (nSPS) is 10.8. The number of aromatic hydroxyl groups is 2. The quantitative estimate of drug-likeness (QED) is 0.633. The number of anilines is 1. The van der Waals surface area contributed by atoms with Gasteiger partial charge in [-0.05, 0) is 5.92 Å². The van der Waals surface area contributed by atoms with Crippen LogP contribution in [0.1, 0.15) is 25.3 Å². The van der Waals surface area contributed by atoms with E-state index in [0.29, 0.717) is 5.56 Å². The maximum absolute atomic E-state index is 11.6. The first kappa shape index (κ1) is 13.7. The lowest BCUT2D eigenvalue weighted by molar-refractivity contribution is 0.366. The molecule has 0 aliphatic carbocycles. The molecule has 1 heterocycles. The molecule has 0 amide bonds. The molecule has 0 fully saturated rings. The van der Waals surface area contributed by atoms with E-state index in [1.807, 2.05) is 13.8 Å². The molecule has 5 N–H and O–H groups in total. The molecule has 0 spiro atoms. The van der Waals surface area contributed by atoms with E-state index < -0.39 is 0 Å². The number of hydrogen-bond donors (Lipinski definition) is 4. The number of nitrogens with zero attached hydrogens (tertiary/aromatic N) is 1. The standard InChI is InChI=1S/C13H15N3O4/c1-6(2)8-5-11(15-16-13(8)19)20-12-9(17)3-7(14)4-10(12)18/h3-6,17-18H,14H2,1-2H3,(H,16,19). The van der Waals surface area contributed by atoms with Crippen molar-refractivity contribution in [3.8, 4) is 23.1 Å². The fourth-order valence-corrected chi connectivity index (χ4v) is 1.71. The number of H-pyrrole nitrogens is 1. The van der Waals surface area contributed by atoms with Crippen molar-refractivity contribution in [2.45, 2.75) is 19.8 Å². The van der Waals surface area contributed by atoms with Crippen LogP contribution in [0.3, 0.4) is 0 Å². The molecule has 0 bridgehead atoms. The number of hydrogen-bond acceptors (Lipinski definition) is 6. The third-order valence-electron chi connectivity index (χ3n) is 2.71. The van der Waals surface area contributed by atoms with Crippen LogP contribution in [0.4, 0.5) is 5.69 Å². The van der Waals surface area contributed by atoms with Crippen molar-refractivity contribution < 1.29 is 14.9 Å². The van der Waals surface area contributed by atoms with Crippen molar-refractivity contribution in [1.29, 1.82) is 0 Å². The molecule has 0 atom stereocenters. The number of phenolic OH excluding ortho intramolecular Hbond substituents is 2. The Bertz CT molecular complexity index is 671. The predicted molar refractivity (Wildman–Crippen MR) is 73.2 cm³/mol. The maximum Gasteiger partial charge on any atom is 0.267 e. The largest absolute Gasteiger partial charge is 0.504 e. The van der Waals surface area contributed by atoms with Gasteiger partial charge in [0.1, 0.15) is 0 Å². The minimum atomic E-state index is -0.318. The number of ether oxygens (including phenoxy) is 1. The van der Waals surface area contributed by atoms with E-state index in [1.54, 1.807) is 0 Å². The van der Waals surface area contributed by atoms with Crippen LogP contribution in [0, 0.1) is 0 Å². The van der Waals surface area contributed by atoms with Gasteiger partial charge >= 0.3 is 0 Å². The molecule has 2 aromatic rings. The number of nitrogens with two attached hydrogens (primary N) is 1. The van der Waals surface area contributed by atoms with Gasteiger partial charge in [0, 0.05) is 29.4 Å². The minimum Gasteiger partial charge on any atom is -0.504 e. The summed E-state index contributed by atoms with van der Waals surface area (Å²) in [6.07, 6.45) is 0. The van der Waals surface area contributed by atoms with E-state index in [4.69, 9.17) is 10.5 Å². The summed E-state index contributed by atoms with van der Waals surface area (Å²) in [5.41, 5.74) is 5.85. The molecule has 0 radical (unpaired) electrons. The van der Waals surface area contributed by atoms with Gasteiger partial charge < -0.3 is 20.7 Å². The number of benzene rings is 1. The summed E-state index contributed by atoms with van der Waals surface area (Å²) in [7, 11) is 0. The third-order valence-corrected chi connectivity index (χ3v) is 2.71. The second kappa shape index (κ2) is 5.12. The average molecular weight is 277 g/mol. The van der Waals surface area contributed by atoms with E-state index in [-0.39, 0.29) is 40.3 Å². The van der Waals surface area contributed by atoms with Crippen LogP contribution in [0.2, 0.25) is 0 Å². The molecule has 20 heavy (non-hydrogen) atoms. The molecule has 0 unspecified atom stereocenters. The first-order valence-corrected chi connectivity index (χ1v) is 5.97. The summed E-state index contributed by atoms with van der Waals surface area (Å²) in [4.78, 5) is 11.6. The summed E-state index contributed by atoms with van der Waals surface area (Å²) in [5, 5.41) is 25.4. The van der Waals surface area contributed by atoms with Crippen molar-refractivity contribution in [2.24, 2.45) is 0 Å². The monoisotopic (exact) mass is 277 g/mol. The maximum atomic E-state index is 11.6. The molecular formula is C13H15N3O4. The van der Waals surface area contributed by atoms with Gasteiger partial charge in [-0.1, -0.05) is 13.8 Å². The van der Waals surface area contributed by atoms with E-state index in [9.17, 15) is 15.0 Å². The van der Waals surface area contributed by atoms with Crippen LogP contribution in [-0.4, -0.2) is 20.4 Å². The Balaban J connectivity index is 2.41. The topological polar surface area (TPSA) is 121 Å². The first-order chi connectivity index (χ1) is 9.38. The Morgan fingerprint density at radius 2 is 1.85 bits per heavy atom. The highest BCUT2D eigenvalue weighted by atomic mass is 16.5. The Labute approximate surface area is 114 Å². The molecule has 2 rings (SSSR count). The fourth-order valence-electron chi connectivity index (χ4n) is 1.71. The van der Waals surface area contributed by atoms with Gasteiger partial charge in [0.25, 0.3) is 5.56 Å². The number of aromatic amines is 1. The Morgan fingerprint density at radius 1 is 1.25 bits per heavy atom. The zero-order valence-electron chi connectivity index (χ0n) is 11.0. The van der Waals surface area contributed by atoms with Crippen molar-refractivity contribution in [3.05, 3.63) is 34.1 Å². The smallest absolute Gasteiger partial charge is 0.267 e. The number of nitrogens with one attached hydrogen (secondary N) is 1. The van der Waals surface area contributed by atoms with E-state index in [2.05, 4.69) is 10.2 Å². The van der Waals surface area contributed by atoms with Gasteiger partial charge in [0.2, 0.25) is 11.6 Å². The predicted octanol–water partition coefficient (Wildman–Crippen LogP) is 1.68. The fraction of sp³-hybridized carbons (Fsp3) is 0.231. The van der Waals surface area contributed by atoms with Gasteiger partial charge in [-0.3, -0.25) is 4.79 Å². The Hall–Kier alpha value is -2.70. The van der Waals surface area contributed by atoms with Crippen LogP contribution in [-0.2, 0) is 0 Å². The lowest BCUT2D eigenvalue weighted by Gasteiger charge is -2.10. The van der Waals surface area contributed by atoms with Gasteiger partial charge in [0.15, 0.2) is 11.5 Å². The minimum absolute atomic E-state index is 0.0160. The molecule has 1 aromatic heterocycles. The van der Waals surface area contributed by atoms with Crippen molar-refractivity contribution >= 4 is 5.69 Å². The lowest BCUT2D eigenvalue weighted by Crippen LogP contribution is -2.15. The molecular weight excluding hydrogens is 262 g/mol. The summed E-state index contributed by atoms with van der Waals surface area (Å²) in [6.45, 7) is 3.71. The SMILES string of the molecule is CC(C)c1cc(Oc2c(O)cc(N)cc2O)n[nH]c1=O. The molecule has 7 heteroatoms. The van der Waals surface area contributed by atoms with E-state index in [0.717, 1.165) is 0 Å². The van der Waals surface area contributed by atoms with E-state index >= 15 is 0 Å². The van der Waals surface area contributed by atoms with Gasteiger partial charge in [0.05, 0.1) is 0 Å². The summed E-state index contributed by atoms with van der Waals surface area (Å²) in [6, 6.07) is 3.94. The van der Waals surface area contributed by atoms with E-state index in [1.165, 1.54) is 18.2 Å². The van der Waals surface area contributed by atoms with Crippen LogP contribution >= 0.6 is 0 Å². The molecule has 0 aliphatic rings. The molecule has 7 nitrogen and oxygen atoms in total. The molecule has 1 aromatic carbocycles. The summed E-state index contributed by atoms with van der Waals surface area (Å²) < 4.78 is 5.30. The first-order valence-electron chi connectivity index (χ1n) is 5.97. The van der Waals surface area contributed by atoms with Gasteiger partial charge in [-0.15, -0.1) is 5.10 Å². The number of rotatable bonds is 3. The van der Waals surface area contributed by atoms with Crippen molar-refractivity contribution in [2.75, 3.05) is 5.73 Å². The van der Waals surface area contributed by atoms with Crippen molar-refractivity contribution in [1.82, 2.24) is 10.2 Å². The molecule has 0 aliphatic heterocycles. The van der Waals surface area contributed by atoms with Gasteiger partial charge in [-0.2, -0.15) is 0 Å². The lowest BCUT2D eigenvalue weighted by atomic mass is 10.1. The average Bonchev–Trinajstić information content (AvgIpc) is 2.35. The van der Waals surface area contributed by atoms with Crippen LogP contribution in [0.25, 0.3) is 0 Å². The van der Waals surface area contributed by atoms with Crippen LogP contribution < -0.4 is 16.0 Å². The summed E-state index contributed by atoms with van der Waals surface area (Å²) in [5.74, 6) is -0.766.